The number of hydrogen-bond donors (Lipinski definition) is 0. The van der Waals surface area contributed by atoms with E-state index in [-0.39, 0.29) is 5.41 Å². The molecule has 0 unspecified atom stereocenters. The molecule has 25 heavy (non-hydrogen) atoms. The van der Waals surface area contributed by atoms with Gasteiger partial charge in [-0.2, -0.15) is 5.26 Å². The largest absolute Gasteiger partial charge is 0.383 e. The van der Waals surface area contributed by atoms with Crippen LogP contribution < -0.4 is 0 Å². The first kappa shape index (κ1) is 17.9. The highest BCUT2D eigenvalue weighted by Crippen LogP contribution is 2.41. The summed E-state index contributed by atoms with van der Waals surface area (Å²) in [6, 6.07) is 9.96. The number of carbonyl (C=O) groups excluding carboxylic acids is 1. The molecule has 5 nitrogen and oxygen atoms in total. The zero-order chi connectivity index (χ0) is 17.7. The van der Waals surface area contributed by atoms with Crippen LogP contribution in [0.4, 0.5) is 0 Å². The number of nitriles is 1. The topological polar surface area (TPSA) is 56.6 Å². The Labute approximate surface area is 150 Å². The van der Waals surface area contributed by atoms with Crippen LogP contribution in [-0.2, 0) is 16.1 Å². The molecule has 1 amide bonds. The molecule has 0 N–H and O–H groups in total. The molecule has 1 spiro atoms. The first-order valence-electron chi connectivity index (χ1n) is 9.16. The molecule has 2 saturated heterocycles. The lowest BCUT2D eigenvalue weighted by molar-refractivity contribution is -0.150. The minimum absolute atomic E-state index is 0.146. The Morgan fingerprint density at radius 3 is 2.52 bits per heavy atom. The van der Waals surface area contributed by atoms with E-state index in [0.29, 0.717) is 24.6 Å². The molecule has 134 valence electrons. The van der Waals surface area contributed by atoms with Gasteiger partial charge >= 0.3 is 0 Å². The molecular weight excluding hydrogens is 314 g/mol. The molecule has 5 heteroatoms. The van der Waals surface area contributed by atoms with Crippen molar-refractivity contribution >= 4 is 5.91 Å². The molecule has 1 aromatic carbocycles. The molecule has 0 bridgehead atoms. The van der Waals surface area contributed by atoms with Gasteiger partial charge in [-0.15, -0.1) is 0 Å². The molecular formula is C20H27N3O2. The molecule has 1 aromatic rings. The van der Waals surface area contributed by atoms with Crippen molar-refractivity contribution in [3.05, 3.63) is 35.4 Å². The Bertz CT molecular complexity index is 627. The average molecular weight is 341 g/mol. The number of carbonyl (C=O) groups is 1. The van der Waals surface area contributed by atoms with Crippen molar-refractivity contribution < 1.29 is 9.53 Å². The molecule has 2 fully saturated rings. The van der Waals surface area contributed by atoms with E-state index in [2.05, 4.69) is 11.0 Å². The van der Waals surface area contributed by atoms with Gasteiger partial charge in [0.25, 0.3) is 0 Å². The van der Waals surface area contributed by atoms with Gasteiger partial charge in [0.1, 0.15) is 0 Å². The van der Waals surface area contributed by atoms with Crippen molar-refractivity contribution in [2.24, 2.45) is 5.41 Å². The van der Waals surface area contributed by atoms with Gasteiger partial charge in [-0.3, -0.25) is 9.69 Å². The minimum Gasteiger partial charge on any atom is -0.383 e. The van der Waals surface area contributed by atoms with E-state index in [1.807, 2.05) is 29.2 Å². The Morgan fingerprint density at radius 1 is 1.16 bits per heavy atom. The number of rotatable bonds is 5. The standard InChI is InChI=1S/C20H27N3O2/c1-25-14-13-23-10-2-7-20(19(23)24)8-11-22(12-9-20)16-18-5-3-17(15-21)4-6-18/h3-6H,2,7-14,16H2,1H3. The van der Waals surface area contributed by atoms with E-state index in [9.17, 15) is 4.79 Å². The van der Waals surface area contributed by atoms with Crippen LogP contribution in [0.3, 0.4) is 0 Å². The third kappa shape index (κ3) is 4.02. The normalized spacial score (nSPS) is 20.6. The fraction of sp³-hybridized carbons (Fsp3) is 0.600. The van der Waals surface area contributed by atoms with Gasteiger partial charge in [0, 0.05) is 26.7 Å². The van der Waals surface area contributed by atoms with E-state index in [1.54, 1.807) is 7.11 Å². The lowest BCUT2D eigenvalue weighted by atomic mass is 9.71. The quantitative estimate of drug-likeness (QED) is 0.825. The number of likely N-dealkylation sites (tertiary alicyclic amines) is 2. The van der Waals surface area contributed by atoms with Crippen molar-refractivity contribution in [2.45, 2.75) is 32.2 Å². The van der Waals surface area contributed by atoms with Crippen LogP contribution in [0, 0.1) is 16.7 Å². The predicted molar refractivity (Wildman–Crippen MR) is 95.8 cm³/mol. The van der Waals surface area contributed by atoms with Gasteiger partial charge in [-0.1, -0.05) is 12.1 Å². The van der Waals surface area contributed by atoms with Crippen LogP contribution >= 0.6 is 0 Å². The predicted octanol–water partition coefficient (Wildman–Crippen LogP) is 2.41. The first-order chi connectivity index (χ1) is 12.2. The Balaban J connectivity index is 1.56. The second-order valence-corrected chi connectivity index (χ2v) is 7.25. The molecule has 0 aliphatic carbocycles. The molecule has 2 aliphatic heterocycles. The summed E-state index contributed by atoms with van der Waals surface area (Å²) in [5.74, 6) is 0.342. The molecule has 3 rings (SSSR count). The van der Waals surface area contributed by atoms with Gasteiger partial charge < -0.3 is 9.64 Å². The van der Waals surface area contributed by atoms with Crippen LogP contribution in [0.1, 0.15) is 36.8 Å². The van der Waals surface area contributed by atoms with Gasteiger partial charge in [-0.25, -0.2) is 0 Å². The highest BCUT2D eigenvalue weighted by atomic mass is 16.5. The Kier molecular flexibility index (Phi) is 5.72. The van der Waals surface area contributed by atoms with Crippen molar-refractivity contribution in [3.8, 4) is 6.07 Å². The molecule has 0 radical (unpaired) electrons. The maximum absolute atomic E-state index is 13.0. The van der Waals surface area contributed by atoms with Gasteiger partial charge in [0.05, 0.1) is 23.7 Å². The lowest BCUT2D eigenvalue weighted by Crippen LogP contribution is -2.54. The highest BCUT2D eigenvalue weighted by Gasteiger charge is 2.45. The van der Waals surface area contributed by atoms with Crippen LogP contribution in [0.2, 0.25) is 0 Å². The molecule has 0 atom stereocenters. The van der Waals surface area contributed by atoms with Crippen LogP contribution in [0.5, 0.6) is 0 Å². The summed E-state index contributed by atoms with van der Waals surface area (Å²) in [5.41, 5.74) is 1.78. The summed E-state index contributed by atoms with van der Waals surface area (Å²) >= 11 is 0. The smallest absolute Gasteiger partial charge is 0.228 e. The summed E-state index contributed by atoms with van der Waals surface area (Å²) in [7, 11) is 1.69. The minimum atomic E-state index is -0.146. The summed E-state index contributed by atoms with van der Waals surface area (Å²) < 4.78 is 5.15. The lowest BCUT2D eigenvalue weighted by Gasteiger charge is -2.46. The van der Waals surface area contributed by atoms with Crippen LogP contribution in [0.25, 0.3) is 0 Å². The van der Waals surface area contributed by atoms with Gasteiger partial charge in [0.2, 0.25) is 5.91 Å². The fourth-order valence-electron chi connectivity index (χ4n) is 4.11. The number of methoxy groups -OCH3 is 1. The summed E-state index contributed by atoms with van der Waals surface area (Å²) in [5, 5.41) is 8.89. The third-order valence-corrected chi connectivity index (χ3v) is 5.69. The number of nitrogens with zero attached hydrogens (tertiary/aromatic N) is 3. The van der Waals surface area contributed by atoms with Crippen molar-refractivity contribution in [2.75, 3.05) is 39.9 Å². The molecule has 2 heterocycles. The average Bonchev–Trinajstić information content (AvgIpc) is 2.65. The molecule has 0 saturated carbocycles. The van der Waals surface area contributed by atoms with E-state index >= 15 is 0 Å². The second-order valence-electron chi connectivity index (χ2n) is 7.25. The first-order valence-corrected chi connectivity index (χ1v) is 9.16. The Morgan fingerprint density at radius 2 is 1.88 bits per heavy atom. The van der Waals surface area contributed by atoms with Crippen LogP contribution in [-0.4, -0.2) is 55.6 Å². The highest BCUT2D eigenvalue weighted by molar-refractivity contribution is 5.83. The maximum atomic E-state index is 13.0. The second kappa shape index (κ2) is 7.99. The number of amides is 1. The SMILES string of the molecule is COCCN1CCCC2(CCN(Cc3ccc(C#N)cc3)CC2)C1=O. The van der Waals surface area contributed by atoms with E-state index in [0.717, 1.165) is 51.9 Å². The van der Waals surface area contributed by atoms with Crippen molar-refractivity contribution in [1.29, 1.82) is 5.26 Å². The number of benzene rings is 1. The van der Waals surface area contributed by atoms with E-state index in [1.165, 1.54) is 5.56 Å². The number of piperidine rings is 2. The molecule has 2 aliphatic rings. The van der Waals surface area contributed by atoms with Crippen molar-refractivity contribution in [1.82, 2.24) is 9.80 Å². The summed E-state index contributed by atoms with van der Waals surface area (Å²) in [6.45, 7) is 5.02. The van der Waals surface area contributed by atoms with Gasteiger partial charge in [0.15, 0.2) is 0 Å². The zero-order valence-corrected chi connectivity index (χ0v) is 15.0. The van der Waals surface area contributed by atoms with E-state index < -0.39 is 0 Å². The fourth-order valence-corrected chi connectivity index (χ4v) is 4.11. The number of ether oxygens (including phenoxy) is 1. The van der Waals surface area contributed by atoms with Crippen LogP contribution in [0.15, 0.2) is 24.3 Å². The Hall–Kier alpha value is -1.90. The molecule has 0 aromatic heterocycles. The number of hydrogen-bond acceptors (Lipinski definition) is 4. The van der Waals surface area contributed by atoms with Crippen molar-refractivity contribution in [3.63, 3.8) is 0 Å². The summed E-state index contributed by atoms with van der Waals surface area (Å²) in [6.07, 6.45) is 4.03. The third-order valence-electron chi connectivity index (χ3n) is 5.69. The van der Waals surface area contributed by atoms with Gasteiger partial charge in [-0.05, 0) is 56.5 Å². The monoisotopic (exact) mass is 341 g/mol. The summed E-state index contributed by atoms with van der Waals surface area (Å²) in [4.78, 5) is 17.4. The van der Waals surface area contributed by atoms with E-state index in [4.69, 9.17) is 10.00 Å². The maximum Gasteiger partial charge on any atom is 0.228 e. The zero-order valence-electron chi connectivity index (χ0n) is 15.0.